The van der Waals surface area contributed by atoms with Crippen LogP contribution in [0.2, 0.25) is 0 Å². The molecule has 1 amide bonds. The zero-order valence-corrected chi connectivity index (χ0v) is 11.4. The summed E-state index contributed by atoms with van der Waals surface area (Å²) in [5.74, 6) is -0.545. The first-order valence-corrected chi connectivity index (χ1v) is 6.30. The molecule has 104 valence electrons. The number of nitrogens with one attached hydrogen (secondary N) is 2. The van der Waals surface area contributed by atoms with E-state index in [4.69, 9.17) is 0 Å². The van der Waals surface area contributed by atoms with E-state index >= 15 is 0 Å². The molecule has 0 bridgehead atoms. The number of anilines is 1. The summed E-state index contributed by atoms with van der Waals surface area (Å²) in [6.07, 6.45) is 3.14. The van der Waals surface area contributed by atoms with Crippen LogP contribution >= 0.6 is 0 Å². The second-order valence-corrected chi connectivity index (χ2v) is 4.42. The Hall–Kier alpha value is -2.43. The number of carbonyl (C=O) groups is 1. The molecule has 1 unspecified atom stereocenters. The molecule has 0 aliphatic heterocycles. The lowest BCUT2D eigenvalue weighted by molar-refractivity contribution is 0.0940. The monoisotopic (exact) mass is 273 g/mol. The topological polar surface area (TPSA) is 54.0 Å². The number of amides is 1. The number of benzene rings is 1. The number of halogens is 1. The molecule has 0 aliphatic carbocycles. The molecule has 1 atom stereocenters. The lowest BCUT2D eigenvalue weighted by atomic mass is 10.1. The molecule has 20 heavy (non-hydrogen) atoms. The first-order valence-electron chi connectivity index (χ1n) is 6.30. The fourth-order valence-electron chi connectivity index (χ4n) is 1.93. The summed E-state index contributed by atoms with van der Waals surface area (Å²) in [6, 6.07) is 7.55. The average molecular weight is 273 g/mol. The first kappa shape index (κ1) is 14.0. The maximum absolute atomic E-state index is 13.2. The number of nitrogens with zero attached hydrogens (tertiary/aromatic N) is 1. The molecule has 4 nitrogen and oxygen atoms in total. The van der Waals surface area contributed by atoms with E-state index in [1.54, 1.807) is 37.6 Å². The van der Waals surface area contributed by atoms with Crippen molar-refractivity contribution in [3.8, 4) is 0 Å². The zero-order valence-electron chi connectivity index (χ0n) is 11.4. The minimum atomic E-state index is -0.316. The molecule has 0 saturated heterocycles. The van der Waals surface area contributed by atoms with Crippen LogP contribution in [0.15, 0.2) is 42.7 Å². The van der Waals surface area contributed by atoms with Crippen molar-refractivity contribution in [2.24, 2.45) is 0 Å². The second kappa shape index (κ2) is 6.14. The zero-order chi connectivity index (χ0) is 14.5. The number of aromatic nitrogens is 1. The van der Waals surface area contributed by atoms with Crippen molar-refractivity contribution < 1.29 is 9.18 Å². The fourth-order valence-corrected chi connectivity index (χ4v) is 1.93. The van der Waals surface area contributed by atoms with Gasteiger partial charge in [-0.25, -0.2) is 4.39 Å². The Morgan fingerprint density at radius 2 is 2.15 bits per heavy atom. The second-order valence-electron chi connectivity index (χ2n) is 4.42. The predicted octanol–water partition coefficient (Wildman–Crippen LogP) is 2.75. The van der Waals surface area contributed by atoms with Crippen LogP contribution in [0, 0.1) is 5.82 Å². The standard InChI is InChI=1S/C15H16FN3O/c1-10(11-4-3-5-12(16)8-11)19-15(20)13-6-7-18-9-14(13)17-2/h3-10,17H,1-2H3,(H,19,20). The maximum atomic E-state index is 13.2. The number of rotatable bonds is 4. The molecule has 0 spiro atoms. The van der Waals surface area contributed by atoms with Gasteiger partial charge >= 0.3 is 0 Å². The van der Waals surface area contributed by atoms with Crippen LogP contribution in [0.1, 0.15) is 28.9 Å². The van der Waals surface area contributed by atoms with Gasteiger partial charge in [-0.15, -0.1) is 0 Å². The molecule has 0 aliphatic rings. The molecule has 0 fully saturated rings. The molecule has 5 heteroatoms. The highest BCUT2D eigenvalue weighted by Gasteiger charge is 2.14. The summed E-state index contributed by atoms with van der Waals surface area (Å²) in [5, 5.41) is 5.76. The molecule has 2 rings (SSSR count). The summed E-state index contributed by atoms with van der Waals surface area (Å²) in [6.45, 7) is 1.81. The van der Waals surface area contributed by atoms with Crippen LogP contribution in [-0.2, 0) is 0 Å². The van der Waals surface area contributed by atoms with Gasteiger partial charge in [0.1, 0.15) is 5.82 Å². The molecule has 2 N–H and O–H groups in total. The van der Waals surface area contributed by atoms with Gasteiger partial charge in [-0.2, -0.15) is 0 Å². The summed E-state index contributed by atoms with van der Waals surface area (Å²) in [5.41, 5.74) is 1.88. The number of hydrogen-bond acceptors (Lipinski definition) is 3. The number of hydrogen-bond donors (Lipinski definition) is 2. The van der Waals surface area contributed by atoms with Crippen LogP contribution in [-0.4, -0.2) is 17.9 Å². The smallest absolute Gasteiger partial charge is 0.253 e. The first-order chi connectivity index (χ1) is 9.61. The van der Waals surface area contributed by atoms with Crippen molar-refractivity contribution in [2.75, 3.05) is 12.4 Å². The fraction of sp³-hybridized carbons (Fsp3) is 0.200. The molecular weight excluding hydrogens is 257 g/mol. The normalized spacial score (nSPS) is 11.8. The van der Waals surface area contributed by atoms with Gasteiger partial charge in [-0.1, -0.05) is 12.1 Å². The highest BCUT2D eigenvalue weighted by molar-refractivity contribution is 5.99. The van der Waals surface area contributed by atoms with E-state index in [1.807, 2.05) is 6.92 Å². The molecule has 1 aromatic carbocycles. The van der Waals surface area contributed by atoms with Crippen molar-refractivity contribution in [2.45, 2.75) is 13.0 Å². The lowest BCUT2D eigenvalue weighted by Crippen LogP contribution is -2.27. The van der Waals surface area contributed by atoms with E-state index in [1.165, 1.54) is 12.1 Å². The average Bonchev–Trinajstić information content (AvgIpc) is 2.47. The van der Waals surface area contributed by atoms with Crippen LogP contribution in [0.5, 0.6) is 0 Å². The molecule has 0 saturated carbocycles. The number of pyridine rings is 1. The Labute approximate surface area is 117 Å². The Bertz CT molecular complexity index is 616. The largest absolute Gasteiger partial charge is 0.386 e. The van der Waals surface area contributed by atoms with E-state index in [9.17, 15) is 9.18 Å². The molecular formula is C15H16FN3O. The third-order valence-electron chi connectivity index (χ3n) is 3.03. The summed E-state index contributed by atoms with van der Waals surface area (Å²) in [7, 11) is 1.73. The van der Waals surface area contributed by atoms with Gasteiger partial charge in [0.05, 0.1) is 23.5 Å². The van der Waals surface area contributed by atoms with Gasteiger partial charge in [0, 0.05) is 13.2 Å². The van der Waals surface area contributed by atoms with Crippen LogP contribution in [0.4, 0.5) is 10.1 Å². The van der Waals surface area contributed by atoms with Crippen molar-refractivity contribution in [1.82, 2.24) is 10.3 Å². The van der Waals surface area contributed by atoms with E-state index in [-0.39, 0.29) is 17.8 Å². The van der Waals surface area contributed by atoms with E-state index in [2.05, 4.69) is 15.6 Å². The molecule has 2 aromatic rings. The Balaban J connectivity index is 2.15. The predicted molar refractivity (Wildman–Crippen MR) is 76.1 cm³/mol. The summed E-state index contributed by atoms with van der Waals surface area (Å²) in [4.78, 5) is 16.2. The molecule has 0 radical (unpaired) electrons. The van der Waals surface area contributed by atoms with Gasteiger partial charge in [-0.3, -0.25) is 9.78 Å². The number of carbonyl (C=O) groups excluding carboxylic acids is 1. The van der Waals surface area contributed by atoms with Gasteiger partial charge in [0.25, 0.3) is 5.91 Å². The third kappa shape index (κ3) is 3.12. The summed E-state index contributed by atoms with van der Waals surface area (Å²) >= 11 is 0. The Morgan fingerprint density at radius 1 is 1.35 bits per heavy atom. The van der Waals surface area contributed by atoms with Crippen molar-refractivity contribution in [1.29, 1.82) is 0 Å². The minimum absolute atomic E-state index is 0.228. The van der Waals surface area contributed by atoms with Crippen LogP contribution in [0.25, 0.3) is 0 Å². The highest BCUT2D eigenvalue weighted by atomic mass is 19.1. The summed E-state index contributed by atoms with van der Waals surface area (Å²) < 4.78 is 13.2. The van der Waals surface area contributed by atoms with E-state index in [0.29, 0.717) is 11.3 Å². The van der Waals surface area contributed by atoms with Gasteiger partial charge in [0.15, 0.2) is 0 Å². The van der Waals surface area contributed by atoms with E-state index in [0.717, 1.165) is 5.56 Å². The van der Waals surface area contributed by atoms with Gasteiger partial charge in [-0.05, 0) is 30.7 Å². The molecule has 1 heterocycles. The quantitative estimate of drug-likeness (QED) is 0.900. The SMILES string of the molecule is CNc1cnccc1C(=O)NC(C)c1cccc(F)c1. The minimum Gasteiger partial charge on any atom is -0.386 e. The van der Waals surface area contributed by atoms with Crippen LogP contribution < -0.4 is 10.6 Å². The Kier molecular flexibility index (Phi) is 4.30. The van der Waals surface area contributed by atoms with Gasteiger partial charge < -0.3 is 10.6 Å². The lowest BCUT2D eigenvalue weighted by Gasteiger charge is -2.15. The van der Waals surface area contributed by atoms with Crippen LogP contribution in [0.3, 0.4) is 0 Å². The molecule has 1 aromatic heterocycles. The van der Waals surface area contributed by atoms with E-state index < -0.39 is 0 Å². The highest BCUT2D eigenvalue weighted by Crippen LogP contribution is 2.17. The maximum Gasteiger partial charge on any atom is 0.253 e. The van der Waals surface area contributed by atoms with Gasteiger partial charge in [0.2, 0.25) is 0 Å². The Morgan fingerprint density at radius 3 is 2.85 bits per heavy atom. The van der Waals surface area contributed by atoms with Crippen molar-refractivity contribution >= 4 is 11.6 Å². The van der Waals surface area contributed by atoms with Crippen molar-refractivity contribution in [3.63, 3.8) is 0 Å². The van der Waals surface area contributed by atoms with Crippen molar-refractivity contribution in [3.05, 3.63) is 59.7 Å². The third-order valence-corrected chi connectivity index (χ3v) is 3.03.